The van der Waals surface area contributed by atoms with Gasteiger partial charge in [-0.1, -0.05) is 12.1 Å². The van der Waals surface area contributed by atoms with Crippen molar-refractivity contribution in [3.05, 3.63) is 79.0 Å². The highest BCUT2D eigenvalue weighted by Crippen LogP contribution is 2.40. The predicted molar refractivity (Wildman–Crippen MR) is 117 cm³/mol. The van der Waals surface area contributed by atoms with Crippen LogP contribution in [-0.2, 0) is 13.2 Å². The molecule has 0 saturated heterocycles. The molecule has 1 N–H and O–H groups in total. The molecule has 0 spiro atoms. The largest absolute Gasteiger partial charge is 0.491 e. The van der Waals surface area contributed by atoms with Crippen LogP contribution in [0, 0.1) is 0 Å². The summed E-state index contributed by atoms with van der Waals surface area (Å²) in [6.45, 7) is 1.59. The van der Waals surface area contributed by atoms with Gasteiger partial charge in [-0.25, -0.2) is 4.98 Å². The van der Waals surface area contributed by atoms with Crippen molar-refractivity contribution in [3.63, 3.8) is 0 Å². The number of pyridine rings is 1. The van der Waals surface area contributed by atoms with E-state index in [0.717, 1.165) is 50.7 Å². The molecule has 152 valence electrons. The molecule has 1 aliphatic rings. The predicted octanol–water partition coefficient (Wildman–Crippen LogP) is 4.46. The minimum Gasteiger partial charge on any atom is -0.491 e. The Morgan fingerprint density at radius 1 is 1.03 bits per heavy atom. The number of hydrogen-bond donors (Lipinski definition) is 1. The molecule has 0 bridgehead atoms. The number of H-pyrrole nitrogens is 1. The molecule has 0 saturated carbocycles. The van der Waals surface area contributed by atoms with E-state index in [1.807, 2.05) is 65.5 Å². The summed E-state index contributed by atoms with van der Waals surface area (Å²) in [5.74, 6) is 2.31. The molecule has 0 amide bonds. The molecule has 0 aliphatic carbocycles. The Balaban J connectivity index is 1.31. The third-order valence-corrected chi connectivity index (χ3v) is 5.41. The van der Waals surface area contributed by atoms with Gasteiger partial charge in [0.2, 0.25) is 0 Å². The van der Waals surface area contributed by atoms with Crippen LogP contribution in [0.25, 0.3) is 33.4 Å². The zero-order chi connectivity index (χ0) is 20.6. The van der Waals surface area contributed by atoms with Crippen molar-refractivity contribution in [2.24, 2.45) is 0 Å². The van der Waals surface area contributed by atoms with E-state index in [4.69, 9.17) is 9.47 Å². The molecular weight excluding hydrogens is 390 g/mol. The van der Waals surface area contributed by atoms with Crippen molar-refractivity contribution in [2.75, 3.05) is 6.61 Å². The van der Waals surface area contributed by atoms with Gasteiger partial charge >= 0.3 is 0 Å². The summed E-state index contributed by atoms with van der Waals surface area (Å²) >= 11 is 0. The standard InChI is InChI=1S/C24H19N5O2/c1-2-4-21-20(3-1)27-23(28-21)15-31-17-5-6-18-22(13-17)30-12-11-29-24(18)19(14-26-29)16-7-9-25-10-8-16/h1-10,13-14H,11-12,15H2,(H,27,28). The summed E-state index contributed by atoms with van der Waals surface area (Å²) < 4.78 is 14.0. The van der Waals surface area contributed by atoms with Crippen molar-refractivity contribution in [3.8, 4) is 33.9 Å². The van der Waals surface area contributed by atoms with Gasteiger partial charge in [0.15, 0.2) is 0 Å². The first-order valence-electron chi connectivity index (χ1n) is 10.1. The van der Waals surface area contributed by atoms with Crippen LogP contribution in [0.5, 0.6) is 11.5 Å². The minimum absolute atomic E-state index is 0.355. The highest BCUT2D eigenvalue weighted by Gasteiger charge is 2.21. The SMILES string of the molecule is c1ccc2[nH]c(COc3ccc4c(c3)OCCn3ncc(-c5ccncc5)c3-4)nc2c1. The molecule has 0 atom stereocenters. The average molecular weight is 409 g/mol. The van der Waals surface area contributed by atoms with E-state index in [2.05, 4.69) is 20.1 Å². The van der Waals surface area contributed by atoms with Crippen molar-refractivity contribution >= 4 is 11.0 Å². The average Bonchev–Trinajstić information content (AvgIpc) is 3.38. The van der Waals surface area contributed by atoms with E-state index in [9.17, 15) is 0 Å². The molecule has 0 unspecified atom stereocenters. The fourth-order valence-electron chi connectivity index (χ4n) is 3.96. The van der Waals surface area contributed by atoms with E-state index >= 15 is 0 Å². The number of aromatic nitrogens is 5. The third kappa shape index (κ3) is 3.20. The normalized spacial score (nSPS) is 12.6. The van der Waals surface area contributed by atoms with Gasteiger partial charge in [-0.2, -0.15) is 5.10 Å². The van der Waals surface area contributed by atoms with Crippen molar-refractivity contribution < 1.29 is 9.47 Å². The van der Waals surface area contributed by atoms with Crippen molar-refractivity contribution in [1.29, 1.82) is 0 Å². The quantitative estimate of drug-likeness (QED) is 0.474. The number of nitrogens with one attached hydrogen (secondary N) is 1. The van der Waals surface area contributed by atoms with Crippen LogP contribution >= 0.6 is 0 Å². The number of ether oxygens (including phenoxy) is 2. The van der Waals surface area contributed by atoms with E-state index in [-0.39, 0.29) is 0 Å². The number of fused-ring (bicyclic) bond motifs is 4. The fourth-order valence-corrected chi connectivity index (χ4v) is 3.96. The lowest BCUT2D eigenvalue weighted by Crippen LogP contribution is -2.06. The molecule has 0 radical (unpaired) electrons. The van der Waals surface area contributed by atoms with Crippen molar-refractivity contribution in [2.45, 2.75) is 13.2 Å². The lowest BCUT2D eigenvalue weighted by atomic mass is 10.0. The first kappa shape index (κ1) is 17.7. The Morgan fingerprint density at radius 3 is 2.84 bits per heavy atom. The maximum absolute atomic E-state index is 6.04. The molecule has 7 heteroatoms. The summed E-state index contributed by atoms with van der Waals surface area (Å²) in [6.07, 6.45) is 5.50. The first-order chi connectivity index (χ1) is 15.3. The van der Waals surface area contributed by atoms with Crippen LogP contribution in [0.3, 0.4) is 0 Å². The van der Waals surface area contributed by atoms with Crippen LogP contribution in [0.4, 0.5) is 0 Å². The Bertz CT molecular complexity index is 1340. The lowest BCUT2D eigenvalue weighted by Gasteiger charge is -2.11. The smallest absolute Gasteiger partial charge is 0.146 e. The number of rotatable bonds is 4. The molecule has 31 heavy (non-hydrogen) atoms. The van der Waals surface area contributed by atoms with Crippen molar-refractivity contribution in [1.82, 2.24) is 24.7 Å². The summed E-state index contributed by atoms with van der Waals surface area (Å²) in [5, 5.41) is 4.58. The first-order valence-corrected chi connectivity index (χ1v) is 10.1. The molecule has 1 aliphatic heterocycles. The van der Waals surface area contributed by atoms with Crippen LogP contribution in [0.2, 0.25) is 0 Å². The van der Waals surface area contributed by atoms with Gasteiger partial charge < -0.3 is 14.5 Å². The van der Waals surface area contributed by atoms with E-state index in [1.54, 1.807) is 12.4 Å². The van der Waals surface area contributed by atoms with Gasteiger partial charge in [0.05, 0.1) is 29.5 Å². The second-order valence-corrected chi connectivity index (χ2v) is 7.36. The Kier molecular flexibility index (Phi) is 4.16. The molecule has 4 heterocycles. The number of hydrogen-bond acceptors (Lipinski definition) is 5. The maximum atomic E-state index is 6.04. The summed E-state index contributed by atoms with van der Waals surface area (Å²) in [4.78, 5) is 12.0. The molecule has 6 rings (SSSR count). The molecule has 2 aromatic carbocycles. The second kappa shape index (κ2) is 7.28. The third-order valence-electron chi connectivity index (χ3n) is 5.41. The summed E-state index contributed by atoms with van der Waals surface area (Å²) in [5.41, 5.74) is 6.12. The maximum Gasteiger partial charge on any atom is 0.146 e. The molecule has 3 aromatic heterocycles. The van der Waals surface area contributed by atoms with E-state index < -0.39 is 0 Å². The minimum atomic E-state index is 0.355. The van der Waals surface area contributed by atoms with E-state index in [0.29, 0.717) is 19.8 Å². The molecular formula is C24H19N5O2. The Labute approximate surface area is 178 Å². The van der Waals surface area contributed by atoms with Gasteiger partial charge in [-0.15, -0.1) is 0 Å². The highest BCUT2D eigenvalue weighted by molar-refractivity contribution is 5.84. The molecule has 5 aromatic rings. The van der Waals surface area contributed by atoms with Crippen LogP contribution in [0.1, 0.15) is 5.82 Å². The number of nitrogens with zero attached hydrogens (tertiary/aromatic N) is 4. The number of imidazole rings is 1. The highest BCUT2D eigenvalue weighted by atomic mass is 16.5. The topological polar surface area (TPSA) is 77.9 Å². The Hall–Kier alpha value is -4.13. The van der Waals surface area contributed by atoms with Gasteiger partial charge in [0.25, 0.3) is 0 Å². The lowest BCUT2D eigenvalue weighted by molar-refractivity contribution is 0.284. The zero-order valence-corrected chi connectivity index (χ0v) is 16.7. The fraction of sp³-hybridized carbons (Fsp3) is 0.125. The van der Waals surface area contributed by atoms with Crippen LogP contribution in [0.15, 0.2) is 73.2 Å². The second-order valence-electron chi connectivity index (χ2n) is 7.36. The van der Waals surface area contributed by atoms with Gasteiger partial charge in [-0.05, 0) is 42.0 Å². The Morgan fingerprint density at radius 2 is 1.94 bits per heavy atom. The van der Waals surface area contributed by atoms with Crippen LogP contribution in [-0.4, -0.2) is 31.3 Å². The number of benzene rings is 2. The number of para-hydroxylation sites is 2. The van der Waals surface area contributed by atoms with E-state index in [1.165, 1.54) is 0 Å². The van der Waals surface area contributed by atoms with Gasteiger partial charge in [0, 0.05) is 29.6 Å². The molecule has 0 fully saturated rings. The summed E-state index contributed by atoms with van der Waals surface area (Å²) in [7, 11) is 0. The molecule has 7 nitrogen and oxygen atoms in total. The van der Waals surface area contributed by atoms with Gasteiger partial charge in [0.1, 0.15) is 30.5 Å². The number of aromatic amines is 1. The summed E-state index contributed by atoms with van der Waals surface area (Å²) in [6, 6.07) is 17.9. The monoisotopic (exact) mass is 409 g/mol. The van der Waals surface area contributed by atoms with Crippen LogP contribution < -0.4 is 9.47 Å². The zero-order valence-electron chi connectivity index (χ0n) is 16.7. The van der Waals surface area contributed by atoms with Gasteiger partial charge in [-0.3, -0.25) is 9.67 Å².